The summed E-state index contributed by atoms with van der Waals surface area (Å²) in [5.74, 6) is 0.844. The van der Waals surface area contributed by atoms with E-state index >= 15 is 0 Å². The fourth-order valence-corrected chi connectivity index (χ4v) is 1.71. The van der Waals surface area contributed by atoms with Crippen molar-refractivity contribution in [1.29, 1.82) is 0 Å². The zero-order valence-corrected chi connectivity index (χ0v) is 8.14. The van der Waals surface area contributed by atoms with Crippen LogP contribution in [0.3, 0.4) is 0 Å². The van der Waals surface area contributed by atoms with Gasteiger partial charge in [0.1, 0.15) is 0 Å². The van der Waals surface area contributed by atoms with Gasteiger partial charge in [-0.05, 0) is 6.42 Å². The molecule has 0 aromatic heterocycles. The molecule has 1 nitrogen and oxygen atoms in total. The Kier molecular flexibility index (Phi) is 2.37. The molecule has 9 heavy (non-hydrogen) atoms. The van der Waals surface area contributed by atoms with E-state index in [1.54, 1.807) is 0 Å². The molecule has 0 bridgehead atoms. The highest BCUT2D eigenvalue weighted by Crippen LogP contribution is 2.29. The largest absolute Gasteiger partial charge is 0.381 e. The first-order valence-corrected chi connectivity index (χ1v) is 4.42. The number of ether oxygens (including phenoxy) is 1. The zero-order valence-electron chi connectivity index (χ0n) is 5.98. The van der Waals surface area contributed by atoms with Crippen molar-refractivity contribution >= 4 is 22.6 Å². The minimum atomic E-state index is 0.464. The molecule has 1 heterocycles. The number of hydrogen-bond donors (Lipinski definition) is 0. The van der Waals surface area contributed by atoms with Crippen molar-refractivity contribution in [2.45, 2.75) is 23.7 Å². The molecule has 1 aliphatic heterocycles. The van der Waals surface area contributed by atoms with Crippen LogP contribution in [0.2, 0.25) is 0 Å². The van der Waals surface area contributed by atoms with E-state index in [0.29, 0.717) is 3.42 Å². The summed E-state index contributed by atoms with van der Waals surface area (Å²) in [6, 6.07) is 0. The molecular weight excluding hydrogens is 227 g/mol. The van der Waals surface area contributed by atoms with Gasteiger partial charge in [-0.25, -0.2) is 0 Å². The van der Waals surface area contributed by atoms with Gasteiger partial charge in [0.05, 0.1) is 13.2 Å². The Hall–Kier alpha value is 0.690. The molecule has 1 fully saturated rings. The molecule has 2 heteroatoms. The lowest BCUT2D eigenvalue weighted by Gasteiger charge is -2.30. The second-order valence-electron chi connectivity index (χ2n) is 3.33. The van der Waals surface area contributed by atoms with Gasteiger partial charge in [0.25, 0.3) is 0 Å². The fraction of sp³-hybridized carbons (Fsp3) is 1.00. The lowest BCUT2D eigenvalue weighted by atomic mass is 9.96. The van der Waals surface area contributed by atoms with Crippen LogP contribution in [0.4, 0.5) is 0 Å². The highest BCUT2D eigenvalue weighted by atomic mass is 127. The highest BCUT2D eigenvalue weighted by molar-refractivity contribution is 14.1. The Labute approximate surface area is 70.3 Å². The number of alkyl halides is 1. The molecule has 54 valence electrons. The summed E-state index contributed by atoms with van der Waals surface area (Å²) in [4.78, 5) is 0. The second-order valence-corrected chi connectivity index (χ2v) is 6.25. The van der Waals surface area contributed by atoms with Gasteiger partial charge in [0.2, 0.25) is 0 Å². The van der Waals surface area contributed by atoms with Crippen molar-refractivity contribution in [1.82, 2.24) is 0 Å². The Bertz CT molecular complexity index is 91.6. The number of hydrogen-bond acceptors (Lipinski definition) is 1. The van der Waals surface area contributed by atoms with E-state index in [4.69, 9.17) is 4.74 Å². The van der Waals surface area contributed by atoms with Crippen LogP contribution in [0.5, 0.6) is 0 Å². The molecule has 0 atom stereocenters. The molecule has 0 amide bonds. The van der Waals surface area contributed by atoms with Crippen LogP contribution >= 0.6 is 22.6 Å². The van der Waals surface area contributed by atoms with Gasteiger partial charge in [-0.2, -0.15) is 0 Å². The van der Waals surface area contributed by atoms with Gasteiger partial charge < -0.3 is 4.74 Å². The maximum Gasteiger partial charge on any atom is 0.0516 e. The summed E-state index contributed by atoms with van der Waals surface area (Å²) in [6.07, 6.45) is 1.30. The summed E-state index contributed by atoms with van der Waals surface area (Å²) in [5.41, 5.74) is 0. The van der Waals surface area contributed by atoms with Gasteiger partial charge in [0.15, 0.2) is 0 Å². The van der Waals surface area contributed by atoms with E-state index in [2.05, 4.69) is 36.4 Å². The minimum absolute atomic E-state index is 0.464. The Morgan fingerprint density at radius 1 is 1.56 bits per heavy atom. The van der Waals surface area contributed by atoms with E-state index in [0.717, 1.165) is 19.1 Å². The average molecular weight is 240 g/mol. The van der Waals surface area contributed by atoms with Crippen molar-refractivity contribution < 1.29 is 4.74 Å². The quantitative estimate of drug-likeness (QED) is 0.531. The van der Waals surface area contributed by atoms with Crippen LogP contribution in [0.25, 0.3) is 0 Å². The predicted octanol–water partition coefficient (Wildman–Crippen LogP) is 2.24. The molecule has 1 rings (SSSR count). The Balaban J connectivity index is 2.16. The lowest BCUT2D eigenvalue weighted by molar-refractivity contribution is -0.0378. The summed E-state index contributed by atoms with van der Waals surface area (Å²) >= 11 is 2.49. The zero-order chi connectivity index (χ0) is 6.91. The molecule has 1 aliphatic rings. The normalized spacial score (nSPS) is 21.7. The third kappa shape index (κ3) is 2.85. The molecular formula is C7H13IO. The molecule has 1 saturated heterocycles. The van der Waals surface area contributed by atoms with E-state index in [1.807, 2.05) is 0 Å². The molecule has 0 N–H and O–H groups in total. The van der Waals surface area contributed by atoms with Crippen molar-refractivity contribution in [2.75, 3.05) is 13.2 Å². The molecule has 0 radical (unpaired) electrons. The first-order valence-electron chi connectivity index (χ1n) is 3.34. The summed E-state index contributed by atoms with van der Waals surface area (Å²) in [5, 5.41) is 0. The van der Waals surface area contributed by atoms with Crippen molar-refractivity contribution in [3.63, 3.8) is 0 Å². The number of rotatable bonds is 2. The van der Waals surface area contributed by atoms with Gasteiger partial charge in [-0.3, -0.25) is 0 Å². The average Bonchev–Trinajstić information content (AvgIpc) is 1.53. The minimum Gasteiger partial charge on any atom is -0.381 e. The molecule has 0 unspecified atom stereocenters. The predicted molar refractivity (Wildman–Crippen MR) is 47.0 cm³/mol. The molecule has 0 aliphatic carbocycles. The molecule has 0 saturated carbocycles. The van der Waals surface area contributed by atoms with Crippen LogP contribution in [0, 0.1) is 5.92 Å². The Morgan fingerprint density at radius 3 is 2.22 bits per heavy atom. The summed E-state index contributed by atoms with van der Waals surface area (Å²) in [7, 11) is 0. The highest BCUT2D eigenvalue weighted by Gasteiger charge is 2.25. The fourth-order valence-electron chi connectivity index (χ4n) is 1.09. The van der Waals surface area contributed by atoms with Crippen LogP contribution in [-0.2, 0) is 4.74 Å². The Morgan fingerprint density at radius 2 is 2.11 bits per heavy atom. The van der Waals surface area contributed by atoms with Crippen LogP contribution in [0.15, 0.2) is 0 Å². The smallest absolute Gasteiger partial charge is 0.0516 e. The van der Waals surface area contributed by atoms with Gasteiger partial charge >= 0.3 is 0 Å². The van der Waals surface area contributed by atoms with E-state index in [9.17, 15) is 0 Å². The lowest BCUT2D eigenvalue weighted by Crippen LogP contribution is -2.32. The van der Waals surface area contributed by atoms with Crippen LogP contribution in [-0.4, -0.2) is 16.6 Å². The van der Waals surface area contributed by atoms with E-state index in [-0.39, 0.29) is 0 Å². The third-order valence-electron chi connectivity index (χ3n) is 1.48. The monoisotopic (exact) mass is 240 g/mol. The summed E-state index contributed by atoms with van der Waals surface area (Å²) in [6.45, 7) is 6.52. The van der Waals surface area contributed by atoms with Crippen LogP contribution in [0.1, 0.15) is 20.3 Å². The van der Waals surface area contributed by atoms with Crippen molar-refractivity contribution in [2.24, 2.45) is 5.92 Å². The molecule has 0 spiro atoms. The van der Waals surface area contributed by atoms with E-state index in [1.165, 1.54) is 6.42 Å². The van der Waals surface area contributed by atoms with Gasteiger partial charge in [0, 0.05) is 9.34 Å². The van der Waals surface area contributed by atoms with Crippen LogP contribution < -0.4 is 0 Å². The van der Waals surface area contributed by atoms with Crippen molar-refractivity contribution in [3.8, 4) is 0 Å². The SMILES string of the molecule is CC(C)(I)CC1COC1. The summed E-state index contributed by atoms with van der Waals surface area (Å²) < 4.78 is 5.54. The first kappa shape index (κ1) is 7.79. The maximum atomic E-state index is 5.08. The van der Waals surface area contributed by atoms with E-state index < -0.39 is 0 Å². The third-order valence-corrected chi connectivity index (χ3v) is 1.92. The maximum absolute atomic E-state index is 5.08. The molecule has 0 aromatic rings. The van der Waals surface area contributed by atoms with Crippen molar-refractivity contribution in [3.05, 3.63) is 0 Å². The molecule has 0 aromatic carbocycles. The second kappa shape index (κ2) is 2.74. The topological polar surface area (TPSA) is 9.23 Å². The number of halogens is 1. The first-order chi connectivity index (χ1) is 4.08. The van der Waals surface area contributed by atoms with Gasteiger partial charge in [-0.15, -0.1) is 0 Å². The standard InChI is InChI=1S/C7H13IO/c1-7(2,8)3-6-4-9-5-6/h6H,3-5H2,1-2H3. The van der Waals surface area contributed by atoms with Gasteiger partial charge in [-0.1, -0.05) is 36.4 Å².